The van der Waals surface area contributed by atoms with Gasteiger partial charge >= 0.3 is 0 Å². The van der Waals surface area contributed by atoms with Crippen LogP contribution in [-0.4, -0.2) is 13.0 Å². The van der Waals surface area contributed by atoms with Gasteiger partial charge in [-0.1, -0.05) is 23.8 Å². The molecular formula is C16H18N2O3S. The second-order valence-electron chi connectivity index (χ2n) is 5.37. The molecule has 0 aromatic heterocycles. The molecule has 0 amide bonds. The van der Waals surface area contributed by atoms with Crippen molar-refractivity contribution in [3.05, 3.63) is 52.6 Å². The van der Waals surface area contributed by atoms with Gasteiger partial charge in [-0.15, -0.1) is 0 Å². The molecule has 0 aliphatic carbocycles. The monoisotopic (exact) mass is 318 g/mol. The molecule has 0 saturated carbocycles. The summed E-state index contributed by atoms with van der Waals surface area (Å²) >= 11 is 0. The molecule has 0 heterocycles. The zero-order chi connectivity index (χ0) is 16.5. The maximum Gasteiger partial charge on any atom is 0.294 e. The summed E-state index contributed by atoms with van der Waals surface area (Å²) in [4.78, 5) is -0.146. The number of aryl methyl sites for hydroxylation is 4. The van der Waals surface area contributed by atoms with E-state index in [1.54, 1.807) is 13.0 Å². The zero-order valence-corrected chi connectivity index (χ0v) is 13.8. The lowest BCUT2D eigenvalue weighted by atomic mass is 10.1. The van der Waals surface area contributed by atoms with Crippen molar-refractivity contribution in [2.75, 3.05) is 0 Å². The maximum atomic E-state index is 11.4. The van der Waals surface area contributed by atoms with Crippen LogP contribution in [0, 0.1) is 27.7 Å². The van der Waals surface area contributed by atoms with E-state index in [2.05, 4.69) is 10.2 Å². The smallest absolute Gasteiger partial charge is 0.282 e. The molecule has 2 aromatic carbocycles. The van der Waals surface area contributed by atoms with Gasteiger partial charge in [0, 0.05) is 0 Å². The van der Waals surface area contributed by atoms with Crippen LogP contribution >= 0.6 is 0 Å². The molecule has 0 saturated heterocycles. The Kier molecular flexibility index (Phi) is 4.44. The largest absolute Gasteiger partial charge is 0.294 e. The molecule has 2 rings (SSSR count). The van der Waals surface area contributed by atoms with Crippen LogP contribution < -0.4 is 0 Å². The third-order valence-corrected chi connectivity index (χ3v) is 4.38. The summed E-state index contributed by atoms with van der Waals surface area (Å²) < 4.78 is 32.0. The minimum Gasteiger partial charge on any atom is -0.282 e. The predicted octanol–water partition coefficient (Wildman–Crippen LogP) is 4.58. The average molecular weight is 318 g/mol. The molecule has 1 N–H and O–H groups in total. The third-order valence-electron chi connectivity index (χ3n) is 3.39. The average Bonchev–Trinajstić information content (AvgIpc) is 2.38. The fourth-order valence-electron chi connectivity index (χ4n) is 2.23. The Morgan fingerprint density at radius 1 is 0.818 bits per heavy atom. The molecule has 0 spiro atoms. The fourth-order valence-corrected chi connectivity index (χ4v) is 2.96. The maximum absolute atomic E-state index is 11.4. The molecule has 0 aliphatic heterocycles. The Labute approximate surface area is 130 Å². The van der Waals surface area contributed by atoms with Crippen LogP contribution in [0.15, 0.2) is 45.5 Å². The van der Waals surface area contributed by atoms with E-state index in [-0.39, 0.29) is 4.90 Å². The molecule has 6 heteroatoms. The van der Waals surface area contributed by atoms with Crippen LogP contribution in [0.25, 0.3) is 0 Å². The molecule has 2 aromatic rings. The number of azo groups is 1. The highest BCUT2D eigenvalue weighted by atomic mass is 32.2. The van der Waals surface area contributed by atoms with Crippen molar-refractivity contribution >= 4 is 21.5 Å². The second-order valence-corrected chi connectivity index (χ2v) is 6.76. The fraction of sp³-hybridized carbons (Fsp3) is 0.250. The van der Waals surface area contributed by atoms with Crippen LogP contribution in [0.2, 0.25) is 0 Å². The van der Waals surface area contributed by atoms with Crippen LogP contribution in [0.5, 0.6) is 0 Å². The molecule has 0 bridgehead atoms. The normalized spacial score (nSPS) is 12.0. The van der Waals surface area contributed by atoms with Gasteiger partial charge < -0.3 is 0 Å². The van der Waals surface area contributed by atoms with Gasteiger partial charge in [-0.25, -0.2) is 0 Å². The van der Waals surface area contributed by atoms with E-state index in [0.29, 0.717) is 11.3 Å². The first-order valence-electron chi connectivity index (χ1n) is 6.76. The van der Waals surface area contributed by atoms with Gasteiger partial charge in [0.15, 0.2) is 0 Å². The standard InChI is InChI=1S/C16H18N2O3S/c1-10-5-6-14(11(2)7-10)17-18-15-9-16(22(19,20)21)13(4)8-12(15)3/h5-9H,1-4H3,(H,19,20,21). The Morgan fingerprint density at radius 2 is 1.41 bits per heavy atom. The zero-order valence-electron chi connectivity index (χ0n) is 13.0. The van der Waals surface area contributed by atoms with Crippen LogP contribution in [0.1, 0.15) is 22.3 Å². The summed E-state index contributed by atoms with van der Waals surface area (Å²) in [6.45, 7) is 7.38. The van der Waals surface area contributed by atoms with Crippen LogP contribution in [0.4, 0.5) is 11.4 Å². The first-order chi connectivity index (χ1) is 10.2. The molecule has 22 heavy (non-hydrogen) atoms. The SMILES string of the molecule is Cc1ccc(N=Nc2cc(S(=O)(=O)O)c(C)cc2C)c(C)c1. The Bertz CT molecular complexity index is 856. The lowest BCUT2D eigenvalue weighted by molar-refractivity contribution is 0.482. The molecule has 0 fully saturated rings. The summed E-state index contributed by atoms with van der Waals surface area (Å²) in [5, 5.41) is 8.31. The van der Waals surface area contributed by atoms with E-state index >= 15 is 0 Å². The van der Waals surface area contributed by atoms with E-state index in [0.717, 1.165) is 22.4 Å². The number of rotatable bonds is 3. The quantitative estimate of drug-likeness (QED) is 0.664. The van der Waals surface area contributed by atoms with E-state index in [9.17, 15) is 13.0 Å². The summed E-state index contributed by atoms with van der Waals surface area (Å²) in [5.74, 6) is 0. The number of hydrogen-bond donors (Lipinski definition) is 1. The van der Waals surface area contributed by atoms with Crippen LogP contribution in [-0.2, 0) is 10.1 Å². The summed E-state index contributed by atoms with van der Waals surface area (Å²) in [7, 11) is -4.27. The van der Waals surface area contributed by atoms with E-state index in [4.69, 9.17) is 0 Å². The highest BCUT2D eigenvalue weighted by Gasteiger charge is 2.15. The Hall–Kier alpha value is -2.05. The van der Waals surface area contributed by atoms with Gasteiger partial charge in [0.1, 0.15) is 0 Å². The van der Waals surface area contributed by atoms with Gasteiger partial charge in [0.05, 0.1) is 16.3 Å². The topological polar surface area (TPSA) is 79.1 Å². The predicted molar refractivity (Wildman–Crippen MR) is 85.8 cm³/mol. The van der Waals surface area contributed by atoms with E-state index in [1.165, 1.54) is 6.07 Å². The number of hydrogen-bond acceptors (Lipinski definition) is 4. The van der Waals surface area contributed by atoms with Gasteiger partial charge in [0.2, 0.25) is 0 Å². The summed E-state index contributed by atoms with van der Waals surface area (Å²) in [5.41, 5.74) is 4.53. The van der Waals surface area contributed by atoms with Crippen molar-refractivity contribution in [1.29, 1.82) is 0 Å². The number of nitrogens with zero attached hydrogens (tertiary/aromatic N) is 2. The summed E-state index contributed by atoms with van der Waals surface area (Å²) in [6, 6.07) is 8.81. The van der Waals surface area contributed by atoms with Crippen molar-refractivity contribution < 1.29 is 13.0 Å². The van der Waals surface area contributed by atoms with Gasteiger partial charge in [-0.3, -0.25) is 4.55 Å². The minimum atomic E-state index is -4.27. The molecular weight excluding hydrogens is 300 g/mol. The van der Waals surface area contributed by atoms with Gasteiger partial charge in [-0.2, -0.15) is 18.6 Å². The highest BCUT2D eigenvalue weighted by molar-refractivity contribution is 7.85. The van der Waals surface area contributed by atoms with Gasteiger partial charge in [0.25, 0.3) is 10.1 Å². The number of benzene rings is 2. The minimum absolute atomic E-state index is 0.146. The molecule has 0 aliphatic rings. The molecule has 0 unspecified atom stereocenters. The Balaban J connectivity index is 2.47. The van der Waals surface area contributed by atoms with E-state index < -0.39 is 10.1 Å². The van der Waals surface area contributed by atoms with Crippen molar-refractivity contribution in [2.45, 2.75) is 32.6 Å². The molecule has 0 atom stereocenters. The summed E-state index contributed by atoms with van der Waals surface area (Å²) in [6.07, 6.45) is 0. The Morgan fingerprint density at radius 3 is 2.00 bits per heavy atom. The molecule has 5 nitrogen and oxygen atoms in total. The third kappa shape index (κ3) is 3.58. The van der Waals surface area contributed by atoms with Crippen LogP contribution in [0.3, 0.4) is 0 Å². The first kappa shape index (κ1) is 16.3. The van der Waals surface area contributed by atoms with Crippen molar-refractivity contribution in [3.63, 3.8) is 0 Å². The van der Waals surface area contributed by atoms with Crippen molar-refractivity contribution in [1.82, 2.24) is 0 Å². The van der Waals surface area contributed by atoms with E-state index in [1.807, 2.05) is 39.0 Å². The molecule has 0 radical (unpaired) electrons. The molecule has 116 valence electrons. The van der Waals surface area contributed by atoms with Crippen molar-refractivity contribution in [3.8, 4) is 0 Å². The first-order valence-corrected chi connectivity index (χ1v) is 8.20. The lowest BCUT2D eigenvalue weighted by Gasteiger charge is -2.07. The van der Waals surface area contributed by atoms with Gasteiger partial charge in [-0.05, 0) is 56.5 Å². The highest BCUT2D eigenvalue weighted by Crippen LogP contribution is 2.29. The lowest BCUT2D eigenvalue weighted by Crippen LogP contribution is -2.01. The second kappa shape index (κ2) is 5.98. The van der Waals surface area contributed by atoms with Crippen molar-refractivity contribution in [2.24, 2.45) is 10.2 Å².